The third kappa shape index (κ3) is 5.13. The van der Waals surface area contributed by atoms with Crippen molar-refractivity contribution in [3.8, 4) is 11.8 Å². The molecule has 0 bridgehead atoms. The zero-order valence-electron chi connectivity index (χ0n) is 15.4. The van der Waals surface area contributed by atoms with Crippen LogP contribution in [-0.2, 0) is 18.0 Å². The number of nitrogens with zero attached hydrogens (tertiary/aromatic N) is 4. The molecule has 3 rings (SSSR count). The van der Waals surface area contributed by atoms with E-state index in [1.807, 2.05) is 11.2 Å². The number of alkyl halides is 4. The number of hydrogen-bond acceptors (Lipinski definition) is 6. The van der Waals surface area contributed by atoms with E-state index in [9.17, 15) is 27.2 Å². The summed E-state index contributed by atoms with van der Waals surface area (Å²) in [6.07, 6.45) is -4.36. The van der Waals surface area contributed by atoms with Crippen LogP contribution in [0.4, 0.5) is 17.6 Å². The maximum Gasteiger partial charge on any atom is 0.486 e. The number of carbonyl (C=O) groups is 1. The molecule has 0 radical (unpaired) electrons. The van der Waals surface area contributed by atoms with Gasteiger partial charge in [0.15, 0.2) is 0 Å². The van der Waals surface area contributed by atoms with E-state index < -0.39 is 43.4 Å². The van der Waals surface area contributed by atoms with Gasteiger partial charge in [-0.25, -0.2) is 9.49 Å². The molecular formula is C18H12ClF4N5O3. The first-order valence-corrected chi connectivity index (χ1v) is 8.85. The van der Waals surface area contributed by atoms with Crippen LogP contribution in [0.25, 0.3) is 0 Å². The fourth-order valence-corrected chi connectivity index (χ4v) is 2.89. The van der Waals surface area contributed by atoms with E-state index in [0.717, 1.165) is 11.0 Å². The van der Waals surface area contributed by atoms with Crippen molar-refractivity contribution in [2.24, 2.45) is 0 Å². The van der Waals surface area contributed by atoms with Gasteiger partial charge in [-0.1, -0.05) is 11.6 Å². The molecule has 0 fully saturated rings. The minimum Gasteiger partial charge on any atom is -0.450 e. The second-order valence-corrected chi connectivity index (χ2v) is 6.75. The quantitative estimate of drug-likeness (QED) is 0.547. The first-order chi connectivity index (χ1) is 14.6. The predicted octanol–water partition coefficient (Wildman–Crippen LogP) is 2.81. The number of halogens is 5. The number of rotatable bonds is 5. The van der Waals surface area contributed by atoms with E-state index in [-0.39, 0.29) is 32.5 Å². The molecule has 162 valence electrons. The van der Waals surface area contributed by atoms with Crippen molar-refractivity contribution < 1.29 is 27.1 Å². The van der Waals surface area contributed by atoms with Crippen molar-refractivity contribution in [3.05, 3.63) is 68.4 Å². The Labute approximate surface area is 176 Å². The van der Waals surface area contributed by atoms with Crippen molar-refractivity contribution >= 4 is 17.5 Å². The molecule has 0 atom stereocenters. The molecule has 1 aliphatic heterocycles. The summed E-state index contributed by atoms with van der Waals surface area (Å²) in [5.74, 6) is -1.73. The van der Waals surface area contributed by atoms with Crippen molar-refractivity contribution in [1.82, 2.24) is 20.0 Å². The number of carbonyl (C=O) groups excluding carboxylic acids is 1. The first kappa shape index (κ1) is 22.1. The molecule has 31 heavy (non-hydrogen) atoms. The Morgan fingerprint density at radius 2 is 2.00 bits per heavy atom. The zero-order valence-corrected chi connectivity index (χ0v) is 16.2. The zero-order chi connectivity index (χ0) is 22.8. The lowest BCUT2D eigenvalue weighted by atomic mass is 10.2. The van der Waals surface area contributed by atoms with Crippen molar-refractivity contribution in [3.63, 3.8) is 0 Å². The van der Waals surface area contributed by atoms with Gasteiger partial charge in [0, 0.05) is 5.02 Å². The fourth-order valence-electron chi connectivity index (χ4n) is 2.67. The summed E-state index contributed by atoms with van der Waals surface area (Å²) in [5.41, 5.74) is -1.02. The van der Waals surface area contributed by atoms with Crippen molar-refractivity contribution in [2.75, 3.05) is 6.67 Å². The predicted molar refractivity (Wildman–Crippen MR) is 97.9 cm³/mol. The summed E-state index contributed by atoms with van der Waals surface area (Å²) >= 11 is 5.86. The van der Waals surface area contributed by atoms with E-state index in [4.69, 9.17) is 21.6 Å². The van der Waals surface area contributed by atoms with Gasteiger partial charge in [0.25, 0.3) is 11.5 Å². The lowest BCUT2D eigenvalue weighted by Crippen LogP contribution is -2.50. The van der Waals surface area contributed by atoms with Crippen LogP contribution in [0, 0.1) is 11.3 Å². The highest BCUT2D eigenvalue weighted by Gasteiger charge is 2.41. The number of nitrogens with one attached hydrogen (secondary N) is 1. The Balaban J connectivity index is 1.92. The Morgan fingerprint density at radius 3 is 2.65 bits per heavy atom. The van der Waals surface area contributed by atoms with Gasteiger partial charge < -0.3 is 9.64 Å². The van der Waals surface area contributed by atoms with Gasteiger partial charge >= 0.3 is 6.30 Å². The van der Waals surface area contributed by atoms with Crippen molar-refractivity contribution in [2.45, 2.75) is 19.5 Å². The third-order valence-electron chi connectivity index (χ3n) is 4.08. The summed E-state index contributed by atoms with van der Waals surface area (Å²) in [6.45, 7) is -2.47. The standard InChI is InChI=1S/C18H12ClF4N5O3/c19-12-1-10(6-24)2-14(4-12)31-15-8-28(18(21,22)23)9-27(17(15)30)7-13-3-11(5-20)16(29)26-25-13/h1-4,8H,5,7,9H2,(H,26,29). The Kier molecular flexibility index (Phi) is 6.16. The average molecular weight is 458 g/mol. The fraction of sp³-hybridized carbons (Fsp3) is 0.222. The van der Waals surface area contributed by atoms with E-state index in [1.54, 1.807) is 0 Å². The first-order valence-electron chi connectivity index (χ1n) is 8.47. The van der Waals surface area contributed by atoms with Gasteiger partial charge in [-0.3, -0.25) is 14.5 Å². The highest BCUT2D eigenvalue weighted by Crippen LogP contribution is 2.29. The number of aromatic amines is 1. The maximum absolute atomic E-state index is 13.4. The number of aromatic nitrogens is 2. The maximum atomic E-state index is 13.4. The van der Waals surface area contributed by atoms with E-state index >= 15 is 0 Å². The molecule has 8 nitrogen and oxygen atoms in total. The normalized spacial score (nSPS) is 14.3. The smallest absolute Gasteiger partial charge is 0.450 e. The largest absolute Gasteiger partial charge is 0.486 e. The minimum absolute atomic E-state index is 0.0292. The van der Waals surface area contributed by atoms with Crippen molar-refractivity contribution in [1.29, 1.82) is 5.26 Å². The number of ether oxygens (including phenoxy) is 1. The number of hydrogen-bond donors (Lipinski definition) is 1. The topological polar surface area (TPSA) is 102 Å². The van der Waals surface area contributed by atoms with Crippen LogP contribution >= 0.6 is 11.6 Å². The second-order valence-electron chi connectivity index (χ2n) is 6.31. The van der Waals surface area contributed by atoms with Crippen LogP contribution in [-0.4, -0.2) is 38.9 Å². The Hall–Kier alpha value is -3.59. The van der Waals surface area contributed by atoms with Crippen LogP contribution in [0.2, 0.25) is 5.02 Å². The summed E-state index contributed by atoms with van der Waals surface area (Å²) in [7, 11) is 0. The van der Waals surface area contributed by atoms with Gasteiger partial charge in [0.05, 0.1) is 35.6 Å². The second kappa shape index (κ2) is 8.65. The van der Waals surface area contributed by atoms with Crippen LogP contribution in [0.5, 0.6) is 5.75 Å². The summed E-state index contributed by atoms with van der Waals surface area (Å²) in [4.78, 5) is 24.8. The number of benzene rings is 1. The molecule has 0 saturated carbocycles. The van der Waals surface area contributed by atoms with Gasteiger partial charge in [0.2, 0.25) is 5.76 Å². The number of H-pyrrole nitrogens is 1. The summed E-state index contributed by atoms with van der Waals surface area (Å²) in [6, 6.07) is 6.60. The van der Waals surface area contributed by atoms with Gasteiger partial charge in [-0.15, -0.1) is 0 Å². The van der Waals surface area contributed by atoms with Crippen LogP contribution in [0.3, 0.4) is 0 Å². The highest BCUT2D eigenvalue weighted by atomic mass is 35.5. The SMILES string of the molecule is N#Cc1cc(Cl)cc(OC2=CN(C(F)(F)F)CN(Cc3cc(CF)c(=O)[nH]n3)C2=O)c1. The highest BCUT2D eigenvalue weighted by molar-refractivity contribution is 6.30. The lowest BCUT2D eigenvalue weighted by Gasteiger charge is -2.35. The molecule has 1 amide bonds. The van der Waals surface area contributed by atoms with Gasteiger partial charge in [0.1, 0.15) is 19.1 Å². The van der Waals surface area contributed by atoms with Crippen LogP contribution in [0.1, 0.15) is 16.8 Å². The summed E-state index contributed by atoms with van der Waals surface area (Å²) in [5, 5.41) is 14.7. The molecule has 1 aromatic heterocycles. The van der Waals surface area contributed by atoms with E-state index in [2.05, 4.69) is 5.10 Å². The molecule has 0 aliphatic carbocycles. The molecule has 0 saturated heterocycles. The molecule has 2 aromatic rings. The molecule has 2 heterocycles. The molecule has 13 heteroatoms. The van der Waals surface area contributed by atoms with Crippen LogP contribution in [0.15, 0.2) is 41.0 Å². The van der Waals surface area contributed by atoms with Crippen LogP contribution < -0.4 is 10.3 Å². The van der Waals surface area contributed by atoms with E-state index in [1.165, 1.54) is 18.2 Å². The monoisotopic (exact) mass is 457 g/mol. The van der Waals surface area contributed by atoms with E-state index in [0.29, 0.717) is 6.20 Å². The minimum atomic E-state index is -4.85. The molecule has 0 unspecified atom stereocenters. The van der Waals surface area contributed by atoms with Gasteiger partial charge in [-0.2, -0.15) is 23.5 Å². The summed E-state index contributed by atoms with van der Waals surface area (Å²) < 4.78 is 58.3. The lowest BCUT2D eigenvalue weighted by molar-refractivity contribution is -0.240. The Bertz CT molecular complexity index is 1140. The Morgan fingerprint density at radius 1 is 1.26 bits per heavy atom. The van der Waals surface area contributed by atoms with Gasteiger partial charge in [-0.05, 0) is 24.3 Å². The molecule has 1 aromatic carbocycles. The molecule has 0 spiro atoms. The molecule has 1 N–H and O–H groups in total. The average Bonchev–Trinajstić information content (AvgIpc) is 2.70. The third-order valence-corrected chi connectivity index (χ3v) is 4.30. The number of amides is 1. The molecular weight excluding hydrogens is 446 g/mol. The molecule has 1 aliphatic rings. The number of nitriles is 1.